The molecule has 0 bridgehead atoms. The van der Waals surface area contributed by atoms with Crippen LogP contribution >= 0.6 is 11.3 Å². The standard InChI is InChI=1S/C20H20N4OS/c25-20-17-7-3-9-23(17)18-13-22(12-16-6-4-10-26-16)14-19(18)24(20)11-15-5-1-2-8-21-15/h1-10,18-19H,11-14H2/t18-,19+/m0/s1. The summed E-state index contributed by atoms with van der Waals surface area (Å²) in [7, 11) is 0. The summed E-state index contributed by atoms with van der Waals surface area (Å²) in [6.45, 7) is 3.39. The molecule has 1 amide bonds. The van der Waals surface area contributed by atoms with E-state index < -0.39 is 0 Å². The lowest BCUT2D eigenvalue weighted by atomic mass is 10.1. The van der Waals surface area contributed by atoms with E-state index in [4.69, 9.17) is 0 Å². The second kappa shape index (κ2) is 6.37. The fraction of sp³-hybridized carbons (Fsp3) is 0.300. The van der Waals surface area contributed by atoms with Gasteiger partial charge in [-0.2, -0.15) is 0 Å². The Balaban J connectivity index is 1.45. The number of hydrogen-bond donors (Lipinski definition) is 0. The van der Waals surface area contributed by atoms with Gasteiger partial charge in [0.2, 0.25) is 0 Å². The predicted octanol–water partition coefficient (Wildman–Crippen LogP) is 3.03. The minimum atomic E-state index is 0.111. The second-order valence-electron chi connectivity index (χ2n) is 6.96. The van der Waals surface area contributed by atoms with Gasteiger partial charge in [-0.1, -0.05) is 12.1 Å². The van der Waals surface area contributed by atoms with Crippen molar-refractivity contribution in [3.63, 3.8) is 0 Å². The van der Waals surface area contributed by atoms with E-state index in [9.17, 15) is 4.79 Å². The Morgan fingerprint density at radius 2 is 1.96 bits per heavy atom. The average molecular weight is 364 g/mol. The number of carbonyl (C=O) groups is 1. The van der Waals surface area contributed by atoms with Crippen molar-refractivity contribution in [3.8, 4) is 0 Å². The van der Waals surface area contributed by atoms with E-state index in [2.05, 4.69) is 38.2 Å². The Morgan fingerprint density at radius 3 is 2.77 bits per heavy atom. The van der Waals surface area contributed by atoms with Crippen molar-refractivity contribution in [1.82, 2.24) is 19.4 Å². The van der Waals surface area contributed by atoms with E-state index in [1.165, 1.54) is 4.88 Å². The minimum absolute atomic E-state index is 0.111. The lowest BCUT2D eigenvalue weighted by Gasteiger charge is -2.38. The van der Waals surface area contributed by atoms with Crippen LogP contribution in [0.3, 0.4) is 0 Å². The molecule has 0 aromatic carbocycles. The Kier molecular flexibility index (Phi) is 3.87. The summed E-state index contributed by atoms with van der Waals surface area (Å²) in [5.74, 6) is 0.111. The summed E-state index contributed by atoms with van der Waals surface area (Å²) < 4.78 is 2.18. The zero-order chi connectivity index (χ0) is 17.5. The van der Waals surface area contributed by atoms with Crippen LogP contribution in [-0.4, -0.2) is 44.4 Å². The number of pyridine rings is 1. The summed E-state index contributed by atoms with van der Waals surface area (Å²) in [6.07, 6.45) is 3.85. The smallest absolute Gasteiger partial charge is 0.271 e. The fourth-order valence-electron chi connectivity index (χ4n) is 4.20. The monoisotopic (exact) mass is 364 g/mol. The summed E-state index contributed by atoms with van der Waals surface area (Å²) >= 11 is 1.80. The van der Waals surface area contributed by atoms with Crippen LogP contribution in [-0.2, 0) is 13.1 Å². The molecule has 0 unspecified atom stereocenters. The molecule has 3 aromatic heterocycles. The number of rotatable bonds is 4. The third kappa shape index (κ3) is 2.66. The molecule has 0 saturated carbocycles. The number of carbonyl (C=O) groups excluding carboxylic acids is 1. The first-order valence-electron chi connectivity index (χ1n) is 8.92. The minimum Gasteiger partial charge on any atom is -0.337 e. The lowest BCUT2D eigenvalue weighted by molar-refractivity contribution is 0.0553. The summed E-state index contributed by atoms with van der Waals surface area (Å²) in [5.41, 5.74) is 1.73. The first-order chi connectivity index (χ1) is 12.8. The molecule has 2 aliphatic rings. The third-order valence-electron chi connectivity index (χ3n) is 5.37. The van der Waals surface area contributed by atoms with Crippen LogP contribution in [0, 0.1) is 0 Å². The first kappa shape index (κ1) is 15.8. The number of aromatic nitrogens is 2. The van der Waals surface area contributed by atoms with Gasteiger partial charge in [0, 0.05) is 36.9 Å². The van der Waals surface area contributed by atoms with Gasteiger partial charge in [-0.3, -0.25) is 14.7 Å². The molecule has 5 rings (SSSR count). The zero-order valence-corrected chi connectivity index (χ0v) is 15.2. The van der Waals surface area contributed by atoms with Crippen LogP contribution in [0.15, 0.2) is 60.2 Å². The number of nitrogens with zero attached hydrogens (tertiary/aromatic N) is 4. The molecule has 0 radical (unpaired) electrons. The Bertz CT molecular complexity index is 905. The van der Waals surface area contributed by atoms with E-state index in [0.717, 1.165) is 31.0 Å². The van der Waals surface area contributed by atoms with E-state index in [-0.39, 0.29) is 11.9 Å². The fourth-order valence-corrected chi connectivity index (χ4v) is 4.94. The third-order valence-corrected chi connectivity index (χ3v) is 6.23. The Labute approximate surface area is 156 Å². The molecule has 1 fully saturated rings. The summed E-state index contributed by atoms with van der Waals surface area (Å²) in [5, 5.41) is 2.12. The van der Waals surface area contributed by atoms with Crippen molar-refractivity contribution >= 4 is 17.2 Å². The largest absolute Gasteiger partial charge is 0.337 e. The van der Waals surface area contributed by atoms with Gasteiger partial charge in [0.1, 0.15) is 5.69 Å². The van der Waals surface area contributed by atoms with Crippen molar-refractivity contribution in [2.45, 2.75) is 25.2 Å². The highest BCUT2D eigenvalue weighted by molar-refractivity contribution is 7.09. The maximum Gasteiger partial charge on any atom is 0.271 e. The molecule has 3 aromatic rings. The highest BCUT2D eigenvalue weighted by Crippen LogP contribution is 2.35. The van der Waals surface area contributed by atoms with Crippen molar-refractivity contribution in [1.29, 1.82) is 0 Å². The quantitative estimate of drug-likeness (QED) is 0.715. The van der Waals surface area contributed by atoms with Gasteiger partial charge in [-0.05, 0) is 35.7 Å². The first-order valence-corrected chi connectivity index (χ1v) is 9.80. The molecule has 1 saturated heterocycles. The van der Waals surface area contributed by atoms with Crippen LogP contribution in [0.25, 0.3) is 0 Å². The van der Waals surface area contributed by atoms with Crippen LogP contribution in [0.5, 0.6) is 0 Å². The van der Waals surface area contributed by atoms with Gasteiger partial charge in [0.05, 0.1) is 24.3 Å². The van der Waals surface area contributed by atoms with E-state index >= 15 is 0 Å². The van der Waals surface area contributed by atoms with Crippen molar-refractivity contribution in [2.75, 3.05) is 13.1 Å². The lowest BCUT2D eigenvalue weighted by Crippen LogP contribution is -2.49. The SMILES string of the molecule is O=C1c2cccn2[C@H]2CN(Cc3cccs3)C[C@H]2N1Cc1ccccn1. The predicted molar refractivity (Wildman–Crippen MR) is 101 cm³/mol. The maximum atomic E-state index is 13.1. The summed E-state index contributed by atoms with van der Waals surface area (Å²) in [6, 6.07) is 14.6. The highest BCUT2D eigenvalue weighted by Gasteiger charge is 2.44. The van der Waals surface area contributed by atoms with E-state index in [1.54, 1.807) is 17.5 Å². The van der Waals surface area contributed by atoms with Crippen LogP contribution in [0.1, 0.15) is 27.1 Å². The molecule has 26 heavy (non-hydrogen) atoms. The van der Waals surface area contributed by atoms with Crippen LogP contribution < -0.4 is 0 Å². The van der Waals surface area contributed by atoms with Gasteiger partial charge in [0.15, 0.2) is 0 Å². The molecule has 5 heterocycles. The number of fused-ring (bicyclic) bond motifs is 3. The Hall–Kier alpha value is -2.44. The number of likely N-dealkylation sites (tertiary alicyclic amines) is 1. The van der Waals surface area contributed by atoms with Gasteiger partial charge in [-0.25, -0.2) is 0 Å². The molecule has 2 aliphatic heterocycles. The van der Waals surface area contributed by atoms with Gasteiger partial charge < -0.3 is 9.47 Å². The molecular weight excluding hydrogens is 344 g/mol. The number of amides is 1. The second-order valence-corrected chi connectivity index (χ2v) is 8.00. The zero-order valence-electron chi connectivity index (χ0n) is 14.4. The van der Waals surface area contributed by atoms with Gasteiger partial charge in [-0.15, -0.1) is 11.3 Å². The highest BCUT2D eigenvalue weighted by atomic mass is 32.1. The maximum absolute atomic E-state index is 13.1. The van der Waals surface area contributed by atoms with Gasteiger partial charge >= 0.3 is 0 Å². The van der Waals surface area contributed by atoms with Crippen molar-refractivity contribution in [3.05, 3.63) is 76.5 Å². The topological polar surface area (TPSA) is 41.4 Å². The number of hydrogen-bond acceptors (Lipinski definition) is 4. The van der Waals surface area contributed by atoms with E-state index in [1.807, 2.05) is 35.2 Å². The van der Waals surface area contributed by atoms with Gasteiger partial charge in [0.25, 0.3) is 5.91 Å². The van der Waals surface area contributed by atoms with Crippen molar-refractivity contribution < 1.29 is 4.79 Å². The molecule has 0 aliphatic carbocycles. The normalized spacial score (nSPS) is 22.5. The van der Waals surface area contributed by atoms with E-state index in [0.29, 0.717) is 12.6 Å². The molecule has 5 nitrogen and oxygen atoms in total. The molecule has 132 valence electrons. The summed E-state index contributed by atoms with van der Waals surface area (Å²) in [4.78, 5) is 23.4. The molecule has 6 heteroatoms. The van der Waals surface area contributed by atoms with Crippen LogP contribution in [0.4, 0.5) is 0 Å². The Morgan fingerprint density at radius 1 is 1.04 bits per heavy atom. The van der Waals surface area contributed by atoms with Crippen LogP contribution in [0.2, 0.25) is 0 Å². The molecular formula is C20H20N4OS. The number of thiophene rings is 1. The molecule has 0 spiro atoms. The molecule has 0 N–H and O–H groups in total. The molecule has 2 atom stereocenters. The average Bonchev–Trinajstić information content (AvgIpc) is 3.40. The van der Waals surface area contributed by atoms with Crippen molar-refractivity contribution in [2.24, 2.45) is 0 Å².